The van der Waals surface area contributed by atoms with Crippen LogP contribution in [0.3, 0.4) is 0 Å². The smallest absolute Gasteiger partial charge is 0.251 e. The summed E-state index contributed by atoms with van der Waals surface area (Å²) >= 11 is 0. The summed E-state index contributed by atoms with van der Waals surface area (Å²) in [6, 6.07) is 18.5. The van der Waals surface area contributed by atoms with Crippen LogP contribution in [0, 0.1) is 0 Å². The quantitative estimate of drug-likeness (QED) is 0.337. The second-order valence-electron chi connectivity index (χ2n) is 7.69. The van der Waals surface area contributed by atoms with Gasteiger partial charge in [0.2, 0.25) is 0 Å². The van der Waals surface area contributed by atoms with Crippen molar-refractivity contribution in [1.82, 2.24) is 15.5 Å². The molecule has 1 atom stereocenters. The van der Waals surface area contributed by atoms with Gasteiger partial charge in [-0.3, -0.25) is 9.79 Å². The van der Waals surface area contributed by atoms with Crippen molar-refractivity contribution in [3.63, 3.8) is 0 Å². The highest BCUT2D eigenvalue weighted by atomic mass is 127. The lowest BCUT2D eigenvalue weighted by Gasteiger charge is -2.37. The molecule has 0 aliphatic carbocycles. The summed E-state index contributed by atoms with van der Waals surface area (Å²) in [6.07, 6.45) is 0.923. The highest BCUT2D eigenvalue weighted by Gasteiger charge is 2.19. The third kappa shape index (κ3) is 7.12. The first kappa shape index (κ1) is 25.0. The Bertz CT molecular complexity index is 833. The zero-order chi connectivity index (χ0) is 21.3. The lowest BCUT2D eigenvalue weighted by Crippen LogP contribution is -2.52. The van der Waals surface area contributed by atoms with Gasteiger partial charge in [-0.05, 0) is 43.2 Å². The Morgan fingerprint density at radius 2 is 1.68 bits per heavy atom. The molecule has 0 spiro atoms. The van der Waals surface area contributed by atoms with E-state index in [9.17, 15) is 4.79 Å². The zero-order valence-corrected chi connectivity index (χ0v) is 21.0. The summed E-state index contributed by atoms with van der Waals surface area (Å²) in [4.78, 5) is 21.4. The summed E-state index contributed by atoms with van der Waals surface area (Å²) in [6.45, 7) is 8.58. The number of halogens is 1. The van der Waals surface area contributed by atoms with Gasteiger partial charge in [0.15, 0.2) is 5.96 Å². The number of amides is 1. The van der Waals surface area contributed by atoms with Crippen LogP contribution in [-0.4, -0.2) is 56.0 Å². The number of para-hydroxylation sites is 1. The Labute approximate surface area is 203 Å². The molecule has 0 bridgehead atoms. The molecule has 1 unspecified atom stereocenters. The Morgan fingerprint density at radius 1 is 1.03 bits per heavy atom. The van der Waals surface area contributed by atoms with Crippen LogP contribution in [0.15, 0.2) is 59.6 Å². The Kier molecular flexibility index (Phi) is 10.1. The number of benzene rings is 2. The van der Waals surface area contributed by atoms with E-state index in [2.05, 4.69) is 62.7 Å². The topological polar surface area (TPSA) is 60.0 Å². The molecule has 2 aromatic carbocycles. The molecule has 1 amide bonds. The molecule has 0 saturated carbocycles. The van der Waals surface area contributed by atoms with Crippen molar-refractivity contribution in [3.05, 3.63) is 65.7 Å². The first-order valence-corrected chi connectivity index (χ1v) is 10.8. The van der Waals surface area contributed by atoms with Crippen molar-refractivity contribution in [2.45, 2.75) is 32.9 Å². The number of hydrogen-bond acceptors (Lipinski definition) is 3. The molecule has 6 nitrogen and oxygen atoms in total. The number of hydrogen-bond donors (Lipinski definition) is 2. The van der Waals surface area contributed by atoms with Gasteiger partial charge in [0.1, 0.15) is 0 Å². The number of piperazine rings is 1. The lowest BCUT2D eigenvalue weighted by molar-refractivity contribution is 0.0939. The van der Waals surface area contributed by atoms with Crippen molar-refractivity contribution in [3.8, 4) is 0 Å². The van der Waals surface area contributed by atoms with Gasteiger partial charge in [0.25, 0.3) is 5.91 Å². The van der Waals surface area contributed by atoms with E-state index in [1.54, 1.807) is 0 Å². The van der Waals surface area contributed by atoms with Gasteiger partial charge < -0.3 is 20.4 Å². The van der Waals surface area contributed by atoms with E-state index in [0.717, 1.165) is 44.1 Å². The average Bonchev–Trinajstić information content (AvgIpc) is 2.80. The molecule has 2 aromatic rings. The molecule has 1 aliphatic rings. The zero-order valence-electron chi connectivity index (χ0n) is 18.7. The normalized spacial score (nSPS) is 15.1. The third-order valence-electron chi connectivity index (χ3n) is 5.57. The molecule has 0 radical (unpaired) electrons. The van der Waals surface area contributed by atoms with Gasteiger partial charge in [-0.1, -0.05) is 37.3 Å². The predicted octanol–water partition coefficient (Wildman–Crippen LogP) is 3.73. The number of guanidine groups is 1. The third-order valence-corrected chi connectivity index (χ3v) is 5.57. The molecule has 0 aromatic heterocycles. The number of rotatable bonds is 6. The number of carbonyl (C=O) groups is 1. The van der Waals surface area contributed by atoms with Gasteiger partial charge in [-0.25, -0.2) is 0 Å². The first-order chi connectivity index (χ1) is 14.6. The van der Waals surface area contributed by atoms with Crippen LogP contribution in [0.5, 0.6) is 0 Å². The molecule has 1 heterocycles. The minimum absolute atomic E-state index is 0. The molecule has 31 heavy (non-hydrogen) atoms. The second kappa shape index (κ2) is 12.5. The maximum atomic E-state index is 12.2. The van der Waals surface area contributed by atoms with Crippen LogP contribution < -0.4 is 15.5 Å². The van der Waals surface area contributed by atoms with Crippen molar-refractivity contribution in [2.24, 2.45) is 4.99 Å². The molecule has 1 fully saturated rings. The van der Waals surface area contributed by atoms with E-state index < -0.39 is 0 Å². The molecular formula is C24H34IN5O. The maximum Gasteiger partial charge on any atom is 0.251 e. The number of anilines is 1. The van der Waals surface area contributed by atoms with Gasteiger partial charge in [0, 0.05) is 57.1 Å². The van der Waals surface area contributed by atoms with Crippen LogP contribution in [0.4, 0.5) is 5.69 Å². The van der Waals surface area contributed by atoms with Crippen molar-refractivity contribution in [1.29, 1.82) is 0 Å². The van der Waals surface area contributed by atoms with Crippen LogP contribution in [-0.2, 0) is 6.54 Å². The number of carbonyl (C=O) groups excluding carboxylic acids is 1. The van der Waals surface area contributed by atoms with E-state index in [1.165, 1.54) is 5.69 Å². The van der Waals surface area contributed by atoms with Crippen LogP contribution in [0.2, 0.25) is 0 Å². The Hall–Kier alpha value is -2.29. The molecular weight excluding hydrogens is 501 g/mol. The first-order valence-electron chi connectivity index (χ1n) is 10.8. The Balaban J connectivity index is 0.00000341. The number of aliphatic imine (C=N–C) groups is 1. The minimum Gasteiger partial charge on any atom is -0.368 e. The molecule has 1 saturated heterocycles. The molecule has 168 valence electrons. The fraction of sp³-hybridized carbons (Fsp3) is 0.417. The van der Waals surface area contributed by atoms with E-state index in [1.807, 2.05) is 38.2 Å². The van der Waals surface area contributed by atoms with E-state index >= 15 is 0 Å². The summed E-state index contributed by atoms with van der Waals surface area (Å²) in [5.41, 5.74) is 3.09. The van der Waals surface area contributed by atoms with E-state index in [-0.39, 0.29) is 35.9 Å². The predicted molar refractivity (Wildman–Crippen MR) is 140 cm³/mol. The summed E-state index contributed by atoms with van der Waals surface area (Å²) in [5, 5.41) is 6.46. The van der Waals surface area contributed by atoms with E-state index in [0.29, 0.717) is 12.1 Å². The SMILES string of the molecule is CCC(C)NC(=O)c1ccc(CNC(=NC)N2CCN(c3ccccc3)CC2)cc1.I. The average molecular weight is 535 g/mol. The monoisotopic (exact) mass is 535 g/mol. The maximum absolute atomic E-state index is 12.2. The van der Waals surface area contributed by atoms with Crippen molar-refractivity contribution in [2.75, 3.05) is 38.1 Å². The summed E-state index contributed by atoms with van der Waals surface area (Å²) in [5.74, 6) is 0.900. The molecule has 2 N–H and O–H groups in total. The lowest BCUT2D eigenvalue weighted by atomic mass is 10.1. The van der Waals surface area contributed by atoms with Crippen LogP contribution in [0.25, 0.3) is 0 Å². The van der Waals surface area contributed by atoms with E-state index in [4.69, 9.17) is 0 Å². The fourth-order valence-electron chi connectivity index (χ4n) is 3.51. The molecule has 3 rings (SSSR count). The van der Waals surface area contributed by atoms with Gasteiger partial charge in [-0.15, -0.1) is 24.0 Å². The standard InChI is InChI=1S/C24H33N5O.HI/c1-4-19(2)27-23(30)21-12-10-20(11-13-21)18-26-24(25-3)29-16-14-28(15-17-29)22-8-6-5-7-9-22;/h5-13,19H,4,14-18H2,1-3H3,(H,25,26)(H,27,30);1H. The number of nitrogens with zero attached hydrogens (tertiary/aromatic N) is 3. The van der Waals surface area contributed by atoms with Crippen molar-refractivity contribution >= 4 is 41.5 Å². The molecule has 1 aliphatic heterocycles. The minimum atomic E-state index is -0.0176. The summed E-state index contributed by atoms with van der Waals surface area (Å²) < 4.78 is 0. The number of nitrogens with one attached hydrogen (secondary N) is 2. The fourth-order valence-corrected chi connectivity index (χ4v) is 3.51. The van der Waals surface area contributed by atoms with Crippen LogP contribution >= 0.6 is 24.0 Å². The summed E-state index contributed by atoms with van der Waals surface area (Å²) in [7, 11) is 1.83. The molecule has 7 heteroatoms. The largest absolute Gasteiger partial charge is 0.368 e. The van der Waals surface area contributed by atoms with Gasteiger partial charge in [0.05, 0.1) is 0 Å². The Morgan fingerprint density at radius 3 is 2.26 bits per heavy atom. The van der Waals surface area contributed by atoms with Gasteiger partial charge in [-0.2, -0.15) is 0 Å². The van der Waals surface area contributed by atoms with Crippen molar-refractivity contribution < 1.29 is 4.79 Å². The highest BCUT2D eigenvalue weighted by molar-refractivity contribution is 14.0. The second-order valence-corrected chi connectivity index (χ2v) is 7.69. The highest BCUT2D eigenvalue weighted by Crippen LogP contribution is 2.15. The van der Waals surface area contributed by atoms with Crippen LogP contribution in [0.1, 0.15) is 36.2 Å². The van der Waals surface area contributed by atoms with Gasteiger partial charge >= 0.3 is 0 Å².